The first-order chi connectivity index (χ1) is 9.60. The van der Waals surface area contributed by atoms with Crippen molar-refractivity contribution in [3.63, 3.8) is 0 Å². The van der Waals surface area contributed by atoms with Gasteiger partial charge in [0.25, 0.3) is 5.91 Å². The van der Waals surface area contributed by atoms with Crippen LogP contribution in [-0.2, 0) is 11.2 Å². The molecule has 20 heavy (non-hydrogen) atoms. The quantitative estimate of drug-likeness (QED) is 0.421. The summed E-state index contributed by atoms with van der Waals surface area (Å²) >= 11 is 0. The lowest BCUT2D eigenvalue weighted by molar-refractivity contribution is -0.120. The molecular weight excluding hydrogens is 258 g/mol. The van der Waals surface area contributed by atoms with E-state index >= 15 is 0 Å². The van der Waals surface area contributed by atoms with Gasteiger partial charge in [-0.3, -0.25) is 9.59 Å². The third-order valence-electron chi connectivity index (χ3n) is 2.58. The zero-order chi connectivity index (χ0) is 15.0. The van der Waals surface area contributed by atoms with E-state index in [0.717, 1.165) is 18.5 Å². The number of hydrogen-bond donors (Lipinski definition) is 4. The number of aromatic nitrogens is 1. The lowest BCUT2D eigenvalue weighted by Gasteiger charge is -2.09. The van der Waals surface area contributed by atoms with E-state index in [4.69, 9.17) is 5.84 Å². The zero-order valence-corrected chi connectivity index (χ0v) is 11.8. The van der Waals surface area contributed by atoms with Crippen LogP contribution in [0.2, 0.25) is 0 Å². The fourth-order valence-corrected chi connectivity index (χ4v) is 1.70. The highest BCUT2D eigenvalue weighted by molar-refractivity contribution is 5.97. The summed E-state index contributed by atoms with van der Waals surface area (Å²) in [6.45, 7) is 4.33. The summed E-state index contributed by atoms with van der Waals surface area (Å²) in [6, 6.07) is 3.25. The second kappa shape index (κ2) is 8.11. The van der Waals surface area contributed by atoms with Crippen molar-refractivity contribution in [1.82, 2.24) is 15.6 Å². The van der Waals surface area contributed by atoms with Gasteiger partial charge in [0.1, 0.15) is 5.82 Å². The molecular formula is C13H21N5O2. The number of pyridine rings is 1. The standard InChI is InChI=1S/C13H21N5O2/c1-3-5-10-6-9(7-11(17-10)18-14)13(20)16-8-12(19)15-4-2/h6-7H,3-5,8,14H2,1-2H3,(H,15,19)(H,16,20)(H,17,18). The molecule has 1 heterocycles. The minimum Gasteiger partial charge on any atom is -0.355 e. The Morgan fingerprint density at radius 3 is 2.60 bits per heavy atom. The van der Waals surface area contributed by atoms with Crippen LogP contribution in [0.4, 0.5) is 5.82 Å². The Morgan fingerprint density at radius 1 is 1.25 bits per heavy atom. The number of hydrazine groups is 1. The molecule has 0 bridgehead atoms. The molecule has 0 saturated carbocycles. The van der Waals surface area contributed by atoms with E-state index in [1.54, 1.807) is 12.1 Å². The van der Waals surface area contributed by atoms with Gasteiger partial charge in [-0.1, -0.05) is 13.3 Å². The number of likely N-dealkylation sites (N-methyl/N-ethyl adjacent to an activating group) is 1. The molecule has 0 aliphatic carbocycles. The number of carbonyl (C=O) groups excluding carboxylic acids is 2. The summed E-state index contributed by atoms with van der Waals surface area (Å²) < 4.78 is 0. The molecule has 1 aromatic heterocycles. The summed E-state index contributed by atoms with van der Waals surface area (Å²) in [6.07, 6.45) is 1.67. The topological polar surface area (TPSA) is 109 Å². The Morgan fingerprint density at radius 2 is 2.00 bits per heavy atom. The Kier molecular flexibility index (Phi) is 6.45. The smallest absolute Gasteiger partial charge is 0.251 e. The molecule has 2 amide bonds. The highest BCUT2D eigenvalue weighted by Crippen LogP contribution is 2.11. The van der Waals surface area contributed by atoms with Crippen LogP contribution >= 0.6 is 0 Å². The first kappa shape index (κ1) is 15.9. The molecule has 0 radical (unpaired) electrons. The first-order valence-corrected chi connectivity index (χ1v) is 6.63. The Balaban J connectivity index is 2.75. The van der Waals surface area contributed by atoms with Crippen molar-refractivity contribution in [2.24, 2.45) is 5.84 Å². The molecule has 1 aromatic rings. The van der Waals surface area contributed by atoms with Crippen LogP contribution in [0.1, 0.15) is 36.3 Å². The molecule has 110 valence electrons. The first-order valence-electron chi connectivity index (χ1n) is 6.63. The lowest BCUT2D eigenvalue weighted by atomic mass is 10.1. The number of hydrogen-bond acceptors (Lipinski definition) is 5. The van der Waals surface area contributed by atoms with Crippen LogP contribution < -0.4 is 21.9 Å². The molecule has 1 rings (SSSR count). The number of aryl methyl sites for hydroxylation is 1. The van der Waals surface area contributed by atoms with E-state index < -0.39 is 0 Å². The maximum absolute atomic E-state index is 12.0. The lowest BCUT2D eigenvalue weighted by Crippen LogP contribution is -2.36. The average Bonchev–Trinajstić information content (AvgIpc) is 2.45. The van der Waals surface area contributed by atoms with Crippen molar-refractivity contribution in [2.45, 2.75) is 26.7 Å². The third-order valence-corrected chi connectivity index (χ3v) is 2.58. The number of nitrogens with two attached hydrogens (primary N) is 1. The van der Waals surface area contributed by atoms with Crippen molar-refractivity contribution in [3.05, 3.63) is 23.4 Å². The number of anilines is 1. The van der Waals surface area contributed by atoms with E-state index in [2.05, 4.69) is 21.0 Å². The Labute approximate surface area is 118 Å². The van der Waals surface area contributed by atoms with Gasteiger partial charge in [0.05, 0.1) is 6.54 Å². The van der Waals surface area contributed by atoms with Gasteiger partial charge in [0, 0.05) is 17.8 Å². The summed E-state index contributed by atoms with van der Waals surface area (Å²) in [5, 5.41) is 5.17. The van der Waals surface area contributed by atoms with Crippen molar-refractivity contribution in [2.75, 3.05) is 18.5 Å². The molecule has 0 aliphatic heterocycles. The van der Waals surface area contributed by atoms with Gasteiger partial charge in [-0.25, -0.2) is 10.8 Å². The van der Waals surface area contributed by atoms with Gasteiger partial charge in [0.2, 0.25) is 5.91 Å². The molecule has 7 nitrogen and oxygen atoms in total. The van der Waals surface area contributed by atoms with Crippen LogP contribution in [0.15, 0.2) is 12.1 Å². The molecule has 5 N–H and O–H groups in total. The van der Waals surface area contributed by atoms with Crippen LogP contribution in [-0.4, -0.2) is 29.9 Å². The van der Waals surface area contributed by atoms with Crippen molar-refractivity contribution >= 4 is 17.6 Å². The van der Waals surface area contributed by atoms with Gasteiger partial charge >= 0.3 is 0 Å². The van der Waals surface area contributed by atoms with Crippen molar-refractivity contribution < 1.29 is 9.59 Å². The van der Waals surface area contributed by atoms with E-state index in [9.17, 15) is 9.59 Å². The fraction of sp³-hybridized carbons (Fsp3) is 0.462. The maximum Gasteiger partial charge on any atom is 0.251 e. The number of nitrogen functional groups attached to an aromatic ring is 1. The maximum atomic E-state index is 12.0. The molecule has 0 unspecified atom stereocenters. The van der Waals surface area contributed by atoms with E-state index in [1.165, 1.54) is 0 Å². The fourth-order valence-electron chi connectivity index (χ4n) is 1.70. The van der Waals surface area contributed by atoms with Gasteiger partial charge in [-0.2, -0.15) is 0 Å². The predicted octanol–water partition coefficient (Wildman–Crippen LogP) is 0.186. The number of rotatable bonds is 7. The molecule has 0 atom stereocenters. The summed E-state index contributed by atoms with van der Waals surface area (Å²) in [4.78, 5) is 27.5. The summed E-state index contributed by atoms with van der Waals surface area (Å²) in [7, 11) is 0. The second-order valence-electron chi connectivity index (χ2n) is 4.26. The van der Waals surface area contributed by atoms with Gasteiger partial charge in [0.15, 0.2) is 0 Å². The van der Waals surface area contributed by atoms with Crippen LogP contribution in [0.25, 0.3) is 0 Å². The van der Waals surface area contributed by atoms with Gasteiger partial charge in [-0.05, 0) is 25.5 Å². The highest BCUT2D eigenvalue weighted by atomic mass is 16.2. The van der Waals surface area contributed by atoms with Crippen LogP contribution in [0, 0.1) is 0 Å². The predicted molar refractivity (Wildman–Crippen MR) is 77.1 cm³/mol. The molecule has 0 spiro atoms. The van der Waals surface area contributed by atoms with E-state index in [0.29, 0.717) is 17.9 Å². The van der Waals surface area contributed by atoms with Crippen LogP contribution in [0.3, 0.4) is 0 Å². The SMILES string of the molecule is CCCc1cc(C(=O)NCC(=O)NCC)cc(NN)n1. The largest absolute Gasteiger partial charge is 0.355 e. The monoisotopic (exact) mass is 279 g/mol. The van der Waals surface area contributed by atoms with Crippen LogP contribution in [0.5, 0.6) is 0 Å². The summed E-state index contributed by atoms with van der Waals surface area (Å²) in [5.74, 6) is 5.22. The second-order valence-corrected chi connectivity index (χ2v) is 4.26. The number of nitrogens with one attached hydrogen (secondary N) is 3. The minimum atomic E-state index is -0.326. The minimum absolute atomic E-state index is 0.0521. The van der Waals surface area contributed by atoms with E-state index in [1.807, 2.05) is 13.8 Å². The highest BCUT2D eigenvalue weighted by Gasteiger charge is 2.10. The zero-order valence-electron chi connectivity index (χ0n) is 11.8. The normalized spacial score (nSPS) is 9.95. The van der Waals surface area contributed by atoms with Gasteiger partial charge in [-0.15, -0.1) is 0 Å². The average molecular weight is 279 g/mol. The van der Waals surface area contributed by atoms with E-state index in [-0.39, 0.29) is 18.4 Å². The Bertz CT molecular complexity index is 476. The van der Waals surface area contributed by atoms with Crippen molar-refractivity contribution in [3.8, 4) is 0 Å². The molecule has 0 fully saturated rings. The van der Waals surface area contributed by atoms with Gasteiger partial charge < -0.3 is 16.1 Å². The Hall–Kier alpha value is -2.15. The molecule has 0 aliphatic rings. The molecule has 7 heteroatoms. The summed E-state index contributed by atoms with van der Waals surface area (Å²) in [5.41, 5.74) is 3.65. The van der Waals surface area contributed by atoms with Crippen molar-refractivity contribution in [1.29, 1.82) is 0 Å². The number of carbonyl (C=O) groups is 2. The number of amides is 2. The third kappa shape index (κ3) is 4.85. The number of nitrogens with zero attached hydrogens (tertiary/aromatic N) is 1. The molecule has 0 aromatic carbocycles. The molecule has 0 saturated heterocycles.